The molecule has 1 aliphatic rings. The molecule has 7 nitrogen and oxygen atoms in total. The van der Waals surface area contributed by atoms with E-state index in [0.29, 0.717) is 35.4 Å². The number of nitrogens with one attached hydrogen (secondary N) is 1. The Morgan fingerprint density at radius 3 is 2.63 bits per heavy atom. The molecule has 6 rings (SSSR count). The zero-order valence-corrected chi connectivity index (χ0v) is 18.9. The number of para-hydroxylation sites is 1. The van der Waals surface area contributed by atoms with Crippen molar-refractivity contribution in [1.29, 1.82) is 0 Å². The molecule has 0 aliphatic heterocycles. The van der Waals surface area contributed by atoms with Crippen LogP contribution in [0, 0.1) is 11.7 Å². The summed E-state index contributed by atoms with van der Waals surface area (Å²) in [4.78, 5) is 24.2. The van der Waals surface area contributed by atoms with E-state index in [1.165, 1.54) is 6.07 Å². The van der Waals surface area contributed by atoms with Gasteiger partial charge in [-0.3, -0.25) is 9.20 Å². The Labute approximate surface area is 200 Å². The minimum Gasteiger partial charge on any atom is -0.481 e. The molecule has 3 aromatic heterocycles. The van der Waals surface area contributed by atoms with Crippen LogP contribution in [0.1, 0.15) is 37.4 Å². The summed E-state index contributed by atoms with van der Waals surface area (Å²) in [6.07, 6.45) is 6.27. The summed E-state index contributed by atoms with van der Waals surface area (Å²) in [5, 5.41) is 10.3. The molecule has 0 radical (unpaired) electrons. The maximum atomic E-state index is 14.6. The number of carbonyl (C=O) groups is 1. The number of aromatic nitrogens is 4. The van der Waals surface area contributed by atoms with E-state index < -0.39 is 5.97 Å². The number of aliphatic carboxylic acids is 1. The van der Waals surface area contributed by atoms with Crippen molar-refractivity contribution >= 4 is 28.2 Å². The molecule has 0 amide bonds. The number of H-pyrrole nitrogens is 1. The number of nitrogen functional groups attached to an aromatic ring is 1. The van der Waals surface area contributed by atoms with Crippen molar-refractivity contribution in [3.8, 4) is 22.5 Å². The van der Waals surface area contributed by atoms with E-state index in [-0.39, 0.29) is 17.7 Å². The van der Waals surface area contributed by atoms with Gasteiger partial charge in [0.15, 0.2) is 0 Å². The molecule has 0 spiro atoms. The second kappa shape index (κ2) is 8.23. The molecule has 3 heterocycles. The third kappa shape index (κ3) is 3.53. The van der Waals surface area contributed by atoms with Crippen LogP contribution in [0.4, 0.5) is 10.2 Å². The summed E-state index contributed by atoms with van der Waals surface area (Å²) < 4.78 is 16.6. The predicted octanol–water partition coefficient (Wildman–Crippen LogP) is 5.62. The number of fused-ring (bicyclic) bond motifs is 2. The van der Waals surface area contributed by atoms with Crippen LogP contribution in [-0.4, -0.2) is 30.4 Å². The normalized spacial score (nSPS) is 18.3. The molecule has 2 aromatic carbocycles. The highest BCUT2D eigenvalue weighted by atomic mass is 19.1. The van der Waals surface area contributed by atoms with Crippen LogP contribution in [0.25, 0.3) is 38.9 Å². The summed E-state index contributed by atoms with van der Waals surface area (Å²) in [7, 11) is 0. The number of carboxylic acid groups (broad SMARTS) is 1. The largest absolute Gasteiger partial charge is 0.481 e. The van der Waals surface area contributed by atoms with Gasteiger partial charge < -0.3 is 15.8 Å². The van der Waals surface area contributed by atoms with Crippen LogP contribution < -0.4 is 5.73 Å². The van der Waals surface area contributed by atoms with Crippen LogP contribution in [0.5, 0.6) is 0 Å². The lowest BCUT2D eigenvalue weighted by molar-refractivity contribution is -0.142. The van der Waals surface area contributed by atoms with Gasteiger partial charge in [-0.05, 0) is 37.8 Å². The quantitative estimate of drug-likeness (QED) is 0.316. The Morgan fingerprint density at radius 1 is 1.09 bits per heavy atom. The van der Waals surface area contributed by atoms with Crippen LogP contribution >= 0.6 is 0 Å². The summed E-state index contributed by atoms with van der Waals surface area (Å²) in [6.45, 7) is 0. The number of anilines is 1. The number of benzene rings is 2. The zero-order chi connectivity index (χ0) is 24.1. The van der Waals surface area contributed by atoms with Crippen molar-refractivity contribution in [2.24, 2.45) is 5.92 Å². The third-order valence-electron chi connectivity index (χ3n) is 7.13. The predicted molar refractivity (Wildman–Crippen MR) is 132 cm³/mol. The number of hydrogen-bond acceptors (Lipinski definition) is 4. The minimum atomic E-state index is -0.728. The number of rotatable bonds is 4. The van der Waals surface area contributed by atoms with Crippen LogP contribution in [0.15, 0.2) is 60.9 Å². The smallest absolute Gasteiger partial charge is 0.306 e. The molecule has 0 bridgehead atoms. The fourth-order valence-corrected chi connectivity index (χ4v) is 5.35. The SMILES string of the molecule is Nc1nccn2c1c(-c1cc3cccc(-c4ccccc4F)c3[nH]1)nc2[C@H]1CC[C@H](C(=O)O)CC1. The molecule has 4 N–H and O–H groups in total. The van der Waals surface area contributed by atoms with E-state index in [1.54, 1.807) is 18.3 Å². The van der Waals surface area contributed by atoms with Crippen molar-refractivity contribution in [3.63, 3.8) is 0 Å². The maximum absolute atomic E-state index is 14.6. The fourth-order valence-electron chi connectivity index (χ4n) is 5.35. The third-order valence-corrected chi connectivity index (χ3v) is 7.13. The van der Waals surface area contributed by atoms with Gasteiger partial charge in [0.2, 0.25) is 0 Å². The van der Waals surface area contributed by atoms with E-state index in [2.05, 4.69) is 9.97 Å². The van der Waals surface area contributed by atoms with Gasteiger partial charge in [-0.25, -0.2) is 14.4 Å². The van der Waals surface area contributed by atoms with Gasteiger partial charge in [0.05, 0.1) is 17.1 Å². The van der Waals surface area contributed by atoms with Crippen molar-refractivity contribution in [2.45, 2.75) is 31.6 Å². The highest BCUT2D eigenvalue weighted by Crippen LogP contribution is 2.40. The highest BCUT2D eigenvalue weighted by Gasteiger charge is 2.30. The topological polar surface area (TPSA) is 109 Å². The number of hydrogen-bond donors (Lipinski definition) is 3. The first-order valence-electron chi connectivity index (χ1n) is 11.7. The Bertz CT molecular complexity index is 1580. The molecule has 0 unspecified atom stereocenters. The number of carboxylic acids is 1. The van der Waals surface area contributed by atoms with E-state index in [4.69, 9.17) is 10.7 Å². The Morgan fingerprint density at radius 2 is 1.86 bits per heavy atom. The average Bonchev–Trinajstić information content (AvgIpc) is 3.47. The fraction of sp³-hybridized carbons (Fsp3) is 0.222. The number of nitrogens with zero attached hydrogens (tertiary/aromatic N) is 3. The number of nitrogens with two attached hydrogens (primary N) is 1. The van der Waals surface area contributed by atoms with Gasteiger partial charge in [-0.1, -0.05) is 36.4 Å². The van der Waals surface area contributed by atoms with E-state index in [0.717, 1.165) is 40.8 Å². The van der Waals surface area contributed by atoms with Crippen LogP contribution in [0.3, 0.4) is 0 Å². The summed E-state index contributed by atoms with van der Waals surface area (Å²) >= 11 is 0. The van der Waals surface area contributed by atoms with Gasteiger partial charge in [0.25, 0.3) is 0 Å². The van der Waals surface area contributed by atoms with Gasteiger partial charge >= 0.3 is 5.97 Å². The summed E-state index contributed by atoms with van der Waals surface area (Å²) in [6, 6.07) is 14.5. The van der Waals surface area contributed by atoms with Crippen molar-refractivity contribution in [3.05, 3.63) is 72.6 Å². The maximum Gasteiger partial charge on any atom is 0.306 e. The van der Waals surface area contributed by atoms with E-state index in [1.807, 2.05) is 40.9 Å². The van der Waals surface area contributed by atoms with Crippen molar-refractivity contribution < 1.29 is 14.3 Å². The molecule has 35 heavy (non-hydrogen) atoms. The van der Waals surface area contributed by atoms with Gasteiger partial charge in [-0.15, -0.1) is 0 Å². The molecular weight excluding hydrogens is 445 g/mol. The monoisotopic (exact) mass is 469 g/mol. The molecule has 0 saturated heterocycles. The number of imidazole rings is 1. The van der Waals surface area contributed by atoms with Crippen molar-refractivity contribution in [1.82, 2.24) is 19.4 Å². The molecule has 176 valence electrons. The first-order valence-corrected chi connectivity index (χ1v) is 11.7. The van der Waals surface area contributed by atoms with Gasteiger partial charge in [0, 0.05) is 34.8 Å². The average molecular weight is 470 g/mol. The Balaban J connectivity index is 1.48. The Hall–Kier alpha value is -4.20. The standard InChI is InChI=1S/C27H24FN5O2/c28-20-7-2-1-5-18(20)19-6-3-4-17-14-21(31-22(17)19)23-24-25(29)30-12-13-33(24)26(32-23)15-8-10-16(11-9-15)27(34)35/h1-7,12-16,31H,8-11H2,(H2,29,30)(H,34,35)/t15-,16-. The second-order valence-electron chi connectivity index (χ2n) is 9.17. The zero-order valence-electron chi connectivity index (χ0n) is 18.9. The lowest BCUT2D eigenvalue weighted by Crippen LogP contribution is -2.21. The summed E-state index contributed by atoms with van der Waals surface area (Å²) in [5.41, 5.74) is 10.6. The first kappa shape index (κ1) is 21.3. The van der Waals surface area contributed by atoms with Gasteiger partial charge in [-0.2, -0.15) is 0 Å². The Kier molecular flexibility index (Phi) is 5.02. The molecule has 0 atom stereocenters. The highest BCUT2D eigenvalue weighted by molar-refractivity contribution is 5.99. The number of aromatic amines is 1. The van der Waals surface area contributed by atoms with Crippen LogP contribution in [-0.2, 0) is 4.79 Å². The lowest BCUT2D eigenvalue weighted by atomic mass is 9.81. The molecule has 1 fully saturated rings. The van der Waals surface area contributed by atoms with Gasteiger partial charge in [0.1, 0.15) is 28.7 Å². The summed E-state index contributed by atoms with van der Waals surface area (Å²) in [5.74, 6) is 0.0566. The lowest BCUT2D eigenvalue weighted by Gasteiger charge is -2.25. The molecular formula is C27H24FN5O2. The van der Waals surface area contributed by atoms with Crippen molar-refractivity contribution in [2.75, 3.05) is 5.73 Å². The molecule has 1 saturated carbocycles. The molecule has 1 aliphatic carbocycles. The first-order chi connectivity index (χ1) is 17.0. The minimum absolute atomic E-state index is 0.131. The van der Waals surface area contributed by atoms with E-state index >= 15 is 0 Å². The van der Waals surface area contributed by atoms with E-state index in [9.17, 15) is 14.3 Å². The molecule has 8 heteroatoms. The number of halogens is 1. The second-order valence-corrected chi connectivity index (χ2v) is 9.17. The van der Waals surface area contributed by atoms with Crippen LogP contribution in [0.2, 0.25) is 0 Å². The molecule has 5 aromatic rings.